The number of amides is 1. The summed E-state index contributed by atoms with van der Waals surface area (Å²) >= 11 is 0. The van der Waals surface area contributed by atoms with Gasteiger partial charge in [-0.05, 0) is 31.9 Å². The highest BCUT2D eigenvalue weighted by atomic mass is 16.2. The minimum absolute atomic E-state index is 0.0872. The van der Waals surface area contributed by atoms with Crippen molar-refractivity contribution in [3.05, 3.63) is 45.1 Å². The van der Waals surface area contributed by atoms with E-state index < -0.39 is 5.69 Å². The summed E-state index contributed by atoms with van der Waals surface area (Å²) in [4.78, 5) is 37.4. The fraction of sp³-hybridized carbons (Fsp3) is 0.471. The smallest absolute Gasteiger partial charge is 0.332 e. The molecule has 1 heterocycles. The monoisotopic (exact) mass is 317 g/mol. The molecule has 0 spiro atoms. The summed E-state index contributed by atoms with van der Waals surface area (Å²) in [5.41, 5.74) is -0.242. The van der Waals surface area contributed by atoms with Gasteiger partial charge < -0.3 is 5.32 Å². The number of nitrogens with zero attached hydrogens (tertiary/aromatic N) is 2. The third kappa shape index (κ3) is 3.36. The first-order chi connectivity index (χ1) is 11.0. The first-order valence-corrected chi connectivity index (χ1v) is 8.02. The van der Waals surface area contributed by atoms with Crippen molar-refractivity contribution in [2.45, 2.75) is 46.2 Å². The summed E-state index contributed by atoms with van der Waals surface area (Å²) in [6.45, 7) is 6.20. The van der Waals surface area contributed by atoms with E-state index in [0.29, 0.717) is 23.9 Å². The van der Waals surface area contributed by atoms with Gasteiger partial charge in [-0.15, -0.1) is 0 Å². The minimum Gasteiger partial charge on any atom is -0.355 e. The Labute approximate surface area is 134 Å². The average Bonchev–Trinajstić information content (AvgIpc) is 2.56. The van der Waals surface area contributed by atoms with Gasteiger partial charge >= 0.3 is 5.69 Å². The molecule has 0 aliphatic heterocycles. The SMILES string of the molecule is CCCNC(=O)Cn1c(=O)n([C@H](C)CC)c(=O)c2ccccc21. The highest BCUT2D eigenvalue weighted by molar-refractivity contribution is 5.81. The van der Waals surface area contributed by atoms with Crippen LogP contribution in [0, 0.1) is 0 Å². The van der Waals surface area contributed by atoms with E-state index in [4.69, 9.17) is 0 Å². The molecule has 1 aromatic heterocycles. The number of para-hydroxylation sites is 1. The summed E-state index contributed by atoms with van der Waals surface area (Å²) in [6, 6.07) is 6.69. The second kappa shape index (κ2) is 7.26. The Morgan fingerprint density at radius 3 is 2.57 bits per heavy atom. The molecular weight excluding hydrogens is 294 g/mol. The van der Waals surface area contributed by atoms with E-state index >= 15 is 0 Å². The van der Waals surface area contributed by atoms with E-state index in [1.54, 1.807) is 24.3 Å². The molecule has 23 heavy (non-hydrogen) atoms. The van der Waals surface area contributed by atoms with Crippen molar-refractivity contribution in [2.24, 2.45) is 0 Å². The van der Waals surface area contributed by atoms with E-state index in [9.17, 15) is 14.4 Å². The Hall–Kier alpha value is -2.37. The van der Waals surface area contributed by atoms with E-state index in [1.165, 1.54) is 9.13 Å². The topological polar surface area (TPSA) is 73.1 Å². The van der Waals surface area contributed by atoms with Crippen LogP contribution >= 0.6 is 0 Å². The lowest BCUT2D eigenvalue weighted by Gasteiger charge is -2.17. The first-order valence-electron chi connectivity index (χ1n) is 8.02. The van der Waals surface area contributed by atoms with E-state index in [2.05, 4.69) is 5.32 Å². The van der Waals surface area contributed by atoms with E-state index in [-0.39, 0.29) is 24.1 Å². The Kier molecular flexibility index (Phi) is 5.36. The van der Waals surface area contributed by atoms with Gasteiger partial charge in [-0.25, -0.2) is 4.79 Å². The minimum atomic E-state index is -0.435. The molecule has 0 saturated heterocycles. The van der Waals surface area contributed by atoms with Crippen LogP contribution in [0.5, 0.6) is 0 Å². The third-order valence-corrected chi connectivity index (χ3v) is 3.99. The van der Waals surface area contributed by atoms with Crippen LogP contribution in [-0.2, 0) is 11.3 Å². The molecule has 0 radical (unpaired) electrons. The number of nitrogens with one attached hydrogen (secondary N) is 1. The largest absolute Gasteiger partial charge is 0.355 e. The number of rotatable bonds is 6. The summed E-state index contributed by atoms with van der Waals surface area (Å²) < 4.78 is 2.63. The van der Waals surface area contributed by atoms with Crippen molar-refractivity contribution >= 4 is 16.8 Å². The molecule has 0 aliphatic rings. The van der Waals surface area contributed by atoms with Crippen molar-refractivity contribution in [1.82, 2.24) is 14.5 Å². The summed E-state index contributed by atoms with van der Waals surface area (Å²) in [6.07, 6.45) is 1.49. The molecular formula is C17H23N3O3. The second-order valence-electron chi connectivity index (χ2n) is 5.67. The number of hydrogen-bond donors (Lipinski definition) is 1. The van der Waals surface area contributed by atoms with Crippen molar-refractivity contribution in [3.63, 3.8) is 0 Å². The molecule has 1 atom stereocenters. The zero-order chi connectivity index (χ0) is 17.0. The zero-order valence-corrected chi connectivity index (χ0v) is 13.8. The number of carbonyl (C=O) groups is 1. The van der Waals surface area contributed by atoms with Crippen LogP contribution in [0.1, 0.15) is 39.7 Å². The second-order valence-corrected chi connectivity index (χ2v) is 5.67. The normalized spacial score (nSPS) is 12.3. The van der Waals surface area contributed by atoms with Crippen molar-refractivity contribution in [2.75, 3.05) is 6.54 Å². The van der Waals surface area contributed by atoms with E-state index in [0.717, 1.165) is 6.42 Å². The maximum Gasteiger partial charge on any atom is 0.332 e. The molecule has 0 bridgehead atoms. The van der Waals surface area contributed by atoms with Crippen LogP contribution < -0.4 is 16.6 Å². The molecule has 1 amide bonds. The Morgan fingerprint density at radius 1 is 1.22 bits per heavy atom. The molecule has 6 heteroatoms. The van der Waals surface area contributed by atoms with Crippen LogP contribution in [0.15, 0.2) is 33.9 Å². The molecule has 1 aromatic carbocycles. The quantitative estimate of drug-likeness (QED) is 0.880. The fourth-order valence-electron chi connectivity index (χ4n) is 2.53. The number of fused-ring (bicyclic) bond motifs is 1. The van der Waals surface area contributed by atoms with Gasteiger partial charge in [0, 0.05) is 12.6 Å². The molecule has 2 aromatic rings. The zero-order valence-electron chi connectivity index (χ0n) is 13.8. The number of benzene rings is 1. The Bertz CT molecular complexity index is 820. The van der Waals surface area contributed by atoms with Crippen LogP contribution in [0.25, 0.3) is 10.9 Å². The standard InChI is InChI=1S/C17H23N3O3/c1-4-10-18-15(21)11-19-14-9-7-6-8-13(14)16(22)20(17(19)23)12(3)5-2/h6-9,12H,4-5,10-11H2,1-3H3,(H,18,21)/t12-/m1/s1. The molecule has 0 unspecified atom stereocenters. The van der Waals surface area contributed by atoms with Gasteiger partial charge in [0.25, 0.3) is 5.56 Å². The predicted molar refractivity (Wildman–Crippen MR) is 90.8 cm³/mol. The Morgan fingerprint density at radius 2 is 1.91 bits per heavy atom. The molecule has 0 saturated carbocycles. The number of aromatic nitrogens is 2. The summed E-state index contributed by atoms with van der Waals surface area (Å²) in [7, 11) is 0. The maximum absolute atomic E-state index is 12.8. The van der Waals surface area contributed by atoms with Gasteiger partial charge in [0.2, 0.25) is 5.91 Å². The molecule has 2 rings (SSSR count). The molecule has 124 valence electrons. The van der Waals surface area contributed by atoms with Gasteiger partial charge in [-0.2, -0.15) is 0 Å². The molecule has 0 aliphatic carbocycles. The van der Waals surface area contributed by atoms with Crippen LogP contribution in [0.4, 0.5) is 0 Å². The fourth-order valence-corrected chi connectivity index (χ4v) is 2.53. The molecule has 6 nitrogen and oxygen atoms in total. The van der Waals surface area contributed by atoms with Gasteiger partial charge in [0.15, 0.2) is 0 Å². The number of carbonyl (C=O) groups excluding carboxylic acids is 1. The van der Waals surface area contributed by atoms with Gasteiger partial charge in [0.05, 0.1) is 10.9 Å². The van der Waals surface area contributed by atoms with Gasteiger partial charge in [-0.1, -0.05) is 26.0 Å². The van der Waals surface area contributed by atoms with Gasteiger partial charge in [0.1, 0.15) is 6.54 Å². The lowest BCUT2D eigenvalue weighted by molar-refractivity contribution is -0.121. The molecule has 1 N–H and O–H groups in total. The highest BCUT2D eigenvalue weighted by Gasteiger charge is 2.17. The molecule has 0 fully saturated rings. The van der Waals surface area contributed by atoms with E-state index in [1.807, 2.05) is 20.8 Å². The number of hydrogen-bond acceptors (Lipinski definition) is 3. The highest BCUT2D eigenvalue weighted by Crippen LogP contribution is 2.10. The first kappa shape index (κ1) is 17.0. The van der Waals surface area contributed by atoms with Crippen LogP contribution in [0.3, 0.4) is 0 Å². The average molecular weight is 317 g/mol. The van der Waals surface area contributed by atoms with Crippen LogP contribution in [0.2, 0.25) is 0 Å². The summed E-state index contributed by atoms with van der Waals surface area (Å²) in [5.74, 6) is -0.228. The predicted octanol–water partition coefficient (Wildman–Crippen LogP) is 1.66. The Balaban J connectivity index is 2.65. The van der Waals surface area contributed by atoms with Crippen molar-refractivity contribution in [1.29, 1.82) is 0 Å². The lowest BCUT2D eigenvalue weighted by Crippen LogP contribution is -2.43. The maximum atomic E-state index is 12.8. The van der Waals surface area contributed by atoms with Crippen molar-refractivity contribution in [3.8, 4) is 0 Å². The van der Waals surface area contributed by atoms with Crippen LogP contribution in [-0.4, -0.2) is 21.6 Å². The van der Waals surface area contributed by atoms with Crippen molar-refractivity contribution < 1.29 is 4.79 Å². The lowest BCUT2D eigenvalue weighted by atomic mass is 10.2. The third-order valence-electron chi connectivity index (χ3n) is 3.99. The van der Waals surface area contributed by atoms with Gasteiger partial charge in [-0.3, -0.25) is 18.7 Å². The summed E-state index contributed by atoms with van der Waals surface area (Å²) in [5, 5.41) is 3.22.